The van der Waals surface area contributed by atoms with Gasteiger partial charge in [-0.25, -0.2) is 0 Å². The van der Waals surface area contributed by atoms with Gasteiger partial charge in [-0.05, 0) is 24.7 Å². The summed E-state index contributed by atoms with van der Waals surface area (Å²) in [7, 11) is 0. The molecule has 0 heterocycles. The lowest BCUT2D eigenvalue weighted by Gasteiger charge is -2.17. The molecule has 0 rings (SSSR count). The molecule has 1 unspecified atom stereocenters. The highest BCUT2D eigenvalue weighted by molar-refractivity contribution is 5.80. The van der Waals surface area contributed by atoms with E-state index >= 15 is 0 Å². The highest BCUT2D eigenvalue weighted by Crippen LogP contribution is 2.22. The van der Waals surface area contributed by atoms with Gasteiger partial charge < -0.3 is 0 Å². The maximum atomic E-state index is 11.5. The van der Waals surface area contributed by atoms with Crippen LogP contribution in [0.3, 0.4) is 0 Å². The zero-order chi connectivity index (χ0) is 10.5. The van der Waals surface area contributed by atoms with Gasteiger partial charge in [-0.3, -0.25) is 4.79 Å². The minimum atomic E-state index is 0.264. The van der Waals surface area contributed by atoms with E-state index in [9.17, 15) is 4.79 Å². The lowest BCUT2D eigenvalue weighted by atomic mass is 9.88. The zero-order valence-corrected chi connectivity index (χ0v) is 9.81. The quantitative estimate of drug-likeness (QED) is 0.635. The molecule has 0 radical (unpaired) electrons. The Labute approximate surface area is 82.9 Å². The molecule has 0 saturated carbocycles. The number of hydrogen-bond donors (Lipinski definition) is 0. The minimum Gasteiger partial charge on any atom is -0.299 e. The molecule has 0 aromatic rings. The highest BCUT2D eigenvalue weighted by atomic mass is 16.1. The molecular weight excluding hydrogens is 160 g/mol. The summed E-state index contributed by atoms with van der Waals surface area (Å²) in [6.45, 7) is 10.8. The highest BCUT2D eigenvalue weighted by Gasteiger charge is 2.13. The van der Waals surface area contributed by atoms with Crippen molar-refractivity contribution in [1.82, 2.24) is 0 Å². The van der Waals surface area contributed by atoms with Gasteiger partial charge in [0.15, 0.2) is 0 Å². The third-order valence-electron chi connectivity index (χ3n) is 2.51. The van der Waals surface area contributed by atoms with E-state index in [0.717, 1.165) is 25.7 Å². The van der Waals surface area contributed by atoms with Gasteiger partial charge in [-0.15, -0.1) is 0 Å². The van der Waals surface area contributed by atoms with Crippen LogP contribution in [0.4, 0.5) is 0 Å². The molecule has 0 spiro atoms. The second-order valence-electron chi connectivity index (χ2n) is 5.19. The van der Waals surface area contributed by atoms with Gasteiger partial charge in [0.2, 0.25) is 0 Å². The van der Waals surface area contributed by atoms with E-state index in [2.05, 4.69) is 27.7 Å². The lowest BCUT2D eigenvalue weighted by molar-refractivity contribution is -0.122. The van der Waals surface area contributed by atoms with E-state index in [1.807, 2.05) is 6.92 Å². The predicted octanol–water partition coefficient (Wildman–Crippen LogP) is 3.82. The molecule has 0 aromatic heterocycles. The monoisotopic (exact) mass is 184 g/mol. The molecule has 13 heavy (non-hydrogen) atoms. The first-order valence-electron chi connectivity index (χ1n) is 5.39. The van der Waals surface area contributed by atoms with Crippen LogP contribution < -0.4 is 0 Å². The largest absolute Gasteiger partial charge is 0.299 e. The molecule has 0 amide bonds. The van der Waals surface area contributed by atoms with E-state index in [1.54, 1.807) is 0 Å². The lowest BCUT2D eigenvalue weighted by Crippen LogP contribution is -2.11. The van der Waals surface area contributed by atoms with Crippen molar-refractivity contribution in [3.05, 3.63) is 0 Å². The molecule has 0 N–H and O–H groups in total. The molecule has 0 aromatic carbocycles. The van der Waals surface area contributed by atoms with Gasteiger partial charge in [-0.1, -0.05) is 34.6 Å². The summed E-state index contributed by atoms with van der Waals surface area (Å²) in [5.74, 6) is 0.701. The van der Waals surface area contributed by atoms with Crippen LogP contribution in [0.25, 0.3) is 0 Å². The summed E-state index contributed by atoms with van der Waals surface area (Å²) in [4.78, 5) is 11.5. The fourth-order valence-electron chi connectivity index (χ4n) is 1.27. The van der Waals surface area contributed by atoms with Crippen LogP contribution in [0, 0.1) is 11.3 Å². The van der Waals surface area contributed by atoms with Crippen molar-refractivity contribution in [2.75, 3.05) is 0 Å². The normalized spacial score (nSPS) is 14.2. The minimum absolute atomic E-state index is 0.264. The number of carbonyl (C=O) groups is 1. The Hall–Kier alpha value is -0.330. The molecule has 0 fully saturated rings. The van der Waals surface area contributed by atoms with E-state index in [-0.39, 0.29) is 5.92 Å². The van der Waals surface area contributed by atoms with Gasteiger partial charge in [0.05, 0.1) is 0 Å². The number of ketones is 1. The van der Waals surface area contributed by atoms with Crippen LogP contribution in [0.5, 0.6) is 0 Å². The molecule has 1 nitrogen and oxygen atoms in total. The average molecular weight is 184 g/mol. The Bertz CT molecular complexity index is 153. The van der Waals surface area contributed by atoms with Crippen molar-refractivity contribution in [3.8, 4) is 0 Å². The summed E-state index contributed by atoms with van der Waals surface area (Å²) >= 11 is 0. The third kappa shape index (κ3) is 6.80. The number of Topliss-reactive ketones (excluding diaryl/α,β-unsaturated/α-hetero) is 1. The second-order valence-corrected chi connectivity index (χ2v) is 5.19. The van der Waals surface area contributed by atoms with E-state index in [1.165, 1.54) is 0 Å². The summed E-state index contributed by atoms with van der Waals surface area (Å²) < 4.78 is 0. The van der Waals surface area contributed by atoms with Crippen molar-refractivity contribution in [2.45, 2.75) is 60.3 Å². The molecule has 0 bridgehead atoms. The SMILES string of the molecule is CCC(C)C(=O)CCCC(C)(C)C. The van der Waals surface area contributed by atoms with E-state index in [0.29, 0.717) is 11.2 Å². The summed E-state index contributed by atoms with van der Waals surface area (Å²) in [6, 6.07) is 0. The molecule has 0 aliphatic heterocycles. The Morgan fingerprint density at radius 1 is 1.31 bits per heavy atom. The maximum Gasteiger partial charge on any atom is 0.135 e. The van der Waals surface area contributed by atoms with Crippen LogP contribution >= 0.6 is 0 Å². The van der Waals surface area contributed by atoms with Crippen LogP contribution in [0.2, 0.25) is 0 Å². The predicted molar refractivity (Wildman–Crippen MR) is 57.8 cm³/mol. The molecule has 0 saturated heterocycles. The van der Waals surface area contributed by atoms with Crippen molar-refractivity contribution >= 4 is 5.78 Å². The van der Waals surface area contributed by atoms with Crippen LogP contribution in [0.15, 0.2) is 0 Å². The molecule has 0 aliphatic rings. The first-order chi connectivity index (χ1) is 5.87. The topological polar surface area (TPSA) is 17.1 Å². The summed E-state index contributed by atoms with van der Waals surface area (Å²) in [6.07, 6.45) is 3.95. The van der Waals surface area contributed by atoms with Gasteiger partial charge in [0.25, 0.3) is 0 Å². The van der Waals surface area contributed by atoms with Gasteiger partial charge in [0, 0.05) is 12.3 Å². The zero-order valence-electron chi connectivity index (χ0n) is 9.81. The molecule has 1 heteroatoms. The smallest absolute Gasteiger partial charge is 0.135 e. The number of carbonyl (C=O) groups excluding carboxylic acids is 1. The Balaban J connectivity index is 3.60. The first-order valence-corrected chi connectivity index (χ1v) is 5.39. The van der Waals surface area contributed by atoms with Crippen LogP contribution in [-0.4, -0.2) is 5.78 Å². The summed E-state index contributed by atoms with van der Waals surface area (Å²) in [5, 5.41) is 0. The average Bonchev–Trinajstić information content (AvgIpc) is 2.00. The first kappa shape index (κ1) is 12.7. The maximum absolute atomic E-state index is 11.5. The third-order valence-corrected chi connectivity index (χ3v) is 2.51. The molecule has 1 atom stereocenters. The Kier molecular flexibility index (Phi) is 5.27. The molecule has 78 valence electrons. The van der Waals surface area contributed by atoms with Gasteiger partial charge in [-0.2, -0.15) is 0 Å². The van der Waals surface area contributed by atoms with E-state index < -0.39 is 0 Å². The van der Waals surface area contributed by atoms with Gasteiger partial charge >= 0.3 is 0 Å². The Morgan fingerprint density at radius 3 is 2.23 bits per heavy atom. The van der Waals surface area contributed by atoms with Crippen molar-refractivity contribution in [1.29, 1.82) is 0 Å². The fraction of sp³-hybridized carbons (Fsp3) is 0.917. The second kappa shape index (κ2) is 5.41. The number of hydrogen-bond acceptors (Lipinski definition) is 1. The van der Waals surface area contributed by atoms with Crippen LogP contribution in [-0.2, 0) is 4.79 Å². The van der Waals surface area contributed by atoms with Gasteiger partial charge in [0.1, 0.15) is 5.78 Å². The number of rotatable bonds is 5. The standard InChI is InChI=1S/C12H24O/c1-6-10(2)11(13)8-7-9-12(3,4)5/h10H,6-9H2,1-5H3. The molecular formula is C12H24O. The van der Waals surface area contributed by atoms with E-state index in [4.69, 9.17) is 0 Å². The fourth-order valence-corrected chi connectivity index (χ4v) is 1.27. The van der Waals surface area contributed by atoms with Crippen molar-refractivity contribution in [3.63, 3.8) is 0 Å². The summed E-state index contributed by atoms with van der Waals surface area (Å²) in [5.41, 5.74) is 0.371. The van der Waals surface area contributed by atoms with Crippen LogP contribution in [0.1, 0.15) is 60.3 Å². The molecule has 0 aliphatic carbocycles. The van der Waals surface area contributed by atoms with Crippen molar-refractivity contribution < 1.29 is 4.79 Å². The van der Waals surface area contributed by atoms with Crippen molar-refractivity contribution in [2.24, 2.45) is 11.3 Å². The Morgan fingerprint density at radius 2 is 1.85 bits per heavy atom.